The minimum absolute atomic E-state index is 0.445. The number of nitrogens with zero attached hydrogens (tertiary/aromatic N) is 2. The summed E-state index contributed by atoms with van der Waals surface area (Å²) in [5, 5.41) is 16.9. The average Bonchev–Trinajstić information content (AvgIpc) is 2.79. The van der Waals surface area contributed by atoms with Crippen LogP contribution in [0.3, 0.4) is 0 Å². The number of anilines is 1. The van der Waals surface area contributed by atoms with Gasteiger partial charge in [0.05, 0.1) is 11.8 Å². The van der Waals surface area contributed by atoms with Gasteiger partial charge in [0, 0.05) is 25.1 Å². The van der Waals surface area contributed by atoms with Crippen molar-refractivity contribution in [2.75, 3.05) is 25.0 Å². The Morgan fingerprint density at radius 3 is 2.81 bits per heavy atom. The Morgan fingerprint density at radius 2 is 1.95 bits per heavy atom. The first-order chi connectivity index (χ1) is 10.3. The summed E-state index contributed by atoms with van der Waals surface area (Å²) < 4.78 is 0. The van der Waals surface area contributed by atoms with Crippen LogP contribution in [0, 0.1) is 0 Å². The molecule has 1 atom stereocenters. The Labute approximate surface area is 124 Å². The van der Waals surface area contributed by atoms with E-state index in [1.807, 2.05) is 30.3 Å². The Bertz CT molecular complexity index is 588. The number of aliphatic hydroxyl groups is 1. The highest BCUT2D eigenvalue weighted by molar-refractivity contribution is 5.47. The summed E-state index contributed by atoms with van der Waals surface area (Å²) in [7, 11) is 0. The van der Waals surface area contributed by atoms with Crippen LogP contribution in [0.15, 0.2) is 36.7 Å². The smallest absolute Gasteiger partial charge is 0.132 e. The highest BCUT2D eigenvalue weighted by Gasteiger charge is 2.15. The van der Waals surface area contributed by atoms with Gasteiger partial charge in [0.25, 0.3) is 0 Å². The number of rotatable bonds is 4. The lowest BCUT2D eigenvalue weighted by Gasteiger charge is -2.15. The lowest BCUT2D eigenvalue weighted by Crippen LogP contribution is -2.17. The molecule has 3 N–H and O–H groups in total. The largest absolute Gasteiger partial charge is 0.387 e. The number of fused-ring (bicyclic) bond motifs is 1. The Hall–Kier alpha value is -1.98. The van der Waals surface area contributed by atoms with Crippen LogP contribution in [-0.4, -0.2) is 34.7 Å². The van der Waals surface area contributed by atoms with Gasteiger partial charge in [-0.25, -0.2) is 9.97 Å². The lowest BCUT2D eigenvalue weighted by molar-refractivity contribution is 0.191. The van der Waals surface area contributed by atoms with Crippen LogP contribution >= 0.6 is 0 Å². The van der Waals surface area contributed by atoms with E-state index in [0.29, 0.717) is 6.54 Å². The molecule has 3 rings (SSSR count). The lowest BCUT2D eigenvalue weighted by atomic mass is 10.1. The van der Waals surface area contributed by atoms with Crippen LogP contribution in [0.25, 0.3) is 0 Å². The molecule has 0 fully saturated rings. The fourth-order valence-electron chi connectivity index (χ4n) is 2.61. The van der Waals surface area contributed by atoms with Crippen LogP contribution in [0.2, 0.25) is 0 Å². The van der Waals surface area contributed by atoms with Crippen molar-refractivity contribution in [3.63, 3.8) is 0 Å². The maximum absolute atomic E-state index is 10.2. The molecule has 0 saturated heterocycles. The highest BCUT2D eigenvalue weighted by Crippen LogP contribution is 2.19. The van der Waals surface area contributed by atoms with E-state index in [0.717, 1.165) is 43.0 Å². The predicted molar refractivity (Wildman–Crippen MR) is 82.2 cm³/mol. The van der Waals surface area contributed by atoms with E-state index < -0.39 is 6.10 Å². The van der Waals surface area contributed by atoms with Crippen molar-refractivity contribution in [1.29, 1.82) is 0 Å². The van der Waals surface area contributed by atoms with Crippen molar-refractivity contribution in [2.45, 2.75) is 18.9 Å². The molecule has 0 aliphatic carbocycles. The summed E-state index contributed by atoms with van der Waals surface area (Å²) in [6.07, 6.45) is 2.90. The van der Waals surface area contributed by atoms with E-state index >= 15 is 0 Å². The fourth-order valence-corrected chi connectivity index (χ4v) is 2.61. The van der Waals surface area contributed by atoms with Crippen molar-refractivity contribution in [2.24, 2.45) is 0 Å². The van der Waals surface area contributed by atoms with Gasteiger partial charge in [-0.2, -0.15) is 0 Å². The maximum atomic E-state index is 10.2. The first kappa shape index (κ1) is 14.0. The Kier molecular flexibility index (Phi) is 4.43. The molecule has 5 nitrogen and oxygen atoms in total. The van der Waals surface area contributed by atoms with Crippen molar-refractivity contribution in [3.05, 3.63) is 53.5 Å². The summed E-state index contributed by atoms with van der Waals surface area (Å²) in [4.78, 5) is 8.71. The predicted octanol–water partition coefficient (Wildman–Crippen LogP) is 1.31. The van der Waals surface area contributed by atoms with Gasteiger partial charge in [-0.3, -0.25) is 0 Å². The molecule has 110 valence electrons. The van der Waals surface area contributed by atoms with Crippen LogP contribution in [0.1, 0.15) is 22.9 Å². The molecule has 1 aliphatic rings. The second-order valence-electron chi connectivity index (χ2n) is 5.20. The van der Waals surface area contributed by atoms with Gasteiger partial charge in [0.15, 0.2) is 0 Å². The molecule has 0 bridgehead atoms. The number of nitrogens with one attached hydrogen (secondary N) is 2. The van der Waals surface area contributed by atoms with Crippen molar-refractivity contribution in [1.82, 2.24) is 15.3 Å². The summed E-state index contributed by atoms with van der Waals surface area (Å²) >= 11 is 0. The van der Waals surface area contributed by atoms with Gasteiger partial charge < -0.3 is 15.7 Å². The molecular formula is C16H20N4O. The number of hydrogen-bond donors (Lipinski definition) is 3. The van der Waals surface area contributed by atoms with Crippen LogP contribution in [0.4, 0.5) is 5.82 Å². The van der Waals surface area contributed by atoms with Crippen molar-refractivity contribution < 1.29 is 5.11 Å². The summed E-state index contributed by atoms with van der Waals surface area (Å²) in [5.74, 6) is 0.846. The van der Waals surface area contributed by atoms with E-state index in [9.17, 15) is 5.11 Å². The third-order valence-corrected chi connectivity index (χ3v) is 3.77. The van der Waals surface area contributed by atoms with Crippen LogP contribution in [0.5, 0.6) is 0 Å². The van der Waals surface area contributed by atoms with E-state index in [1.165, 1.54) is 5.56 Å². The van der Waals surface area contributed by atoms with Crippen molar-refractivity contribution >= 4 is 5.82 Å². The maximum Gasteiger partial charge on any atom is 0.132 e. The Morgan fingerprint density at radius 1 is 1.14 bits per heavy atom. The van der Waals surface area contributed by atoms with Gasteiger partial charge in [-0.05, 0) is 18.5 Å². The third-order valence-electron chi connectivity index (χ3n) is 3.77. The van der Waals surface area contributed by atoms with E-state index in [1.54, 1.807) is 6.33 Å². The van der Waals surface area contributed by atoms with Gasteiger partial charge in [-0.1, -0.05) is 30.3 Å². The summed E-state index contributed by atoms with van der Waals surface area (Å²) in [6, 6.07) is 9.66. The molecule has 0 spiro atoms. The number of hydrogen-bond acceptors (Lipinski definition) is 5. The first-order valence-corrected chi connectivity index (χ1v) is 7.35. The molecule has 2 aromatic rings. The van der Waals surface area contributed by atoms with Gasteiger partial charge in [0.1, 0.15) is 12.1 Å². The second kappa shape index (κ2) is 6.65. The quantitative estimate of drug-likeness (QED) is 0.790. The molecule has 0 unspecified atom stereocenters. The zero-order chi connectivity index (χ0) is 14.5. The number of benzene rings is 1. The molecule has 1 aromatic carbocycles. The topological polar surface area (TPSA) is 70.1 Å². The second-order valence-corrected chi connectivity index (χ2v) is 5.20. The van der Waals surface area contributed by atoms with E-state index in [2.05, 4.69) is 20.6 Å². The molecule has 21 heavy (non-hydrogen) atoms. The molecular weight excluding hydrogens is 264 g/mol. The summed E-state index contributed by atoms with van der Waals surface area (Å²) in [5.41, 5.74) is 3.18. The fraction of sp³-hybridized carbons (Fsp3) is 0.375. The summed E-state index contributed by atoms with van der Waals surface area (Å²) in [6.45, 7) is 2.34. The van der Waals surface area contributed by atoms with E-state index in [4.69, 9.17) is 0 Å². The third kappa shape index (κ3) is 3.37. The zero-order valence-electron chi connectivity index (χ0n) is 11.9. The standard InChI is InChI=1S/C16H20N4O/c21-15(12-4-2-1-3-5-12)10-18-16-13-6-8-17-9-7-14(13)19-11-20-16/h1-5,11,15,17,21H,6-10H2,(H,18,19,20)/t15-/m1/s1. The molecule has 0 radical (unpaired) electrons. The molecule has 1 aliphatic heterocycles. The first-order valence-electron chi connectivity index (χ1n) is 7.35. The monoisotopic (exact) mass is 284 g/mol. The zero-order valence-corrected chi connectivity index (χ0v) is 11.9. The van der Waals surface area contributed by atoms with Crippen LogP contribution < -0.4 is 10.6 Å². The minimum atomic E-state index is -0.541. The van der Waals surface area contributed by atoms with Gasteiger partial charge in [-0.15, -0.1) is 0 Å². The SMILES string of the molecule is O[C@H](CNc1ncnc2c1CCNCC2)c1ccccc1. The molecule has 2 heterocycles. The van der Waals surface area contributed by atoms with Gasteiger partial charge >= 0.3 is 0 Å². The van der Waals surface area contributed by atoms with Gasteiger partial charge in [0.2, 0.25) is 0 Å². The molecule has 5 heteroatoms. The Balaban J connectivity index is 1.71. The number of aromatic nitrogens is 2. The van der Waals surface area contributed by atoms with Crippen molar-refractivity contribution in [3.8, 4) is 0 Å². The normalized spacial score (nSPS) is 15.9. The molecule has 1 aromatic heterocycles. The average molecular weight is 284 g/mol. The number of aliphatic hydroxyl groups excluding tert-OH is 1. The highest BCUT2D eigenvalue weighted by atomic mass is 16.3. The minimum Gasteiger partial charge on any atom is -0.387 e. The molecule has 0 amide bonds. The van der Waals surface area contributed by atoms with Crippen LogP contribution in [-0.2, 0) is 12.8 Å². The van der Waals surface area contributed by atoms with E-state index in [-0.39, 0.29) is 0 Å². The molecule has 0 saturated carbocycles.